The Morgan fingerprint density at radius 1 is 1.44 bits per heavy atom. The van der Waals surface area contributed by atoms with Gasteiger partial charge in [-0.1, -0.05) is 0 Å². The van der Waals surface area contributed by atoms with Crippen molar-refractivity contribution in [2.75, 3.05) is 26.7 Å². The number of likely N-dealkylation sites (N-methyl/N-ethyl adjacent to an activating group) is 1. The largest absolute Gasteiger partial charge is 0.405 e. The van der Waals surface area contributed by atoms with Crippen LogP contribution in [0.4, 0.5) is 13.2 Å². The molecule has 1 atom stereocenters. The normalized spacial score (nSPS) is 17.9. The van der Waals surface area contributed by atoms with E-state index in [9.17, 15) is 18.0 Å². The van der Waals surface area contributed by atoms with Crippen LogP contribution in [0.1, 0.15) is 19.8 Å². The van der Waals surface area contributed by atoms with Gasteiger partial charge in [0, 0.05) is 18.6 Å². The van der Waals surface area contributed by atoms with Gasteiger partial charge in [0.1, 0.15) is 6.54 Å². The van der Waals surface area contributed by atoms with E-state index in [1.165, 1.54) is 12.8 Å². The Bertz CT molecular complexity index is 279. The van der Waals surface area contributed by atoms with Gasteiger partial charge in [0.15, 0.2) is 0 Å². The molecule has 0 spiro atoms. The molecule has 0 aromatic rings. The smallest absolute Gasteiger partial charge is 0.346 e. The third kappa shape index (κ3) is 6.20. The fourth-order valence-corrected chi connectivity index (χ4v) is 1.64. The van der Waals surface area contributed by atoms with Crippen molar-refractivity contribution in [1.29, 1.82) is 0 Å². The van der Waals surface area contributed by atoms with Gasteiger partial charge in [-0.2, -0.15) is 13.2 Å². The first-order chi connectivity index (χ1) is 8.29. The number of amides is 1. The number of nitrogens with one attached hydrogen (secondary N) is 2. The van der Waals surface area contributed by atoms with Gasteiger partial charge in [0.2, 0.25) is 5.91 Å². The van der Waals surface area contributed by atoms with Crippen LogP contribution in [0.3, 0.4) is 0 Å². The third-order valence-electron chi connectivity index (χ3n) is 3.03. The van der Waals surface area contributed by atoms with E-state index < -0.39 is 18.6 Å². The molecule has 2 N–H and O–H groups in total. The van der Waals surface area contributed by atoms with Gasteiger partial charge in [-0.15, -0.1) is 0 Å². The van der Waals surface area contributed by atoms with Crippen molar-refractivity contribution in [3.8, 4) is 0 Å². The van der Waals surface area contributed by atoms with Crippen molar-refractivity contribution < 1.29 is 18.0 Å². The summed E-state index contributed by atoms with van der Waals surface area (Å²) >= 11 is 0. The Balaban J connectivity index is 2.07. The van der Waals surface area contributed by atoms with Crippen LogP contribution < -0.4 is 10.6 Å². The van der Waals surface area contributed by atoms with Gasteiger partial charge < -0.3 is 10.6 Å². The molecular formula is C11H20F3N3O. The summed E-state index contributed by atoms with van der Waals surface area (Å²) in [6.45, 7) is 1.26. The van der Waals surface area contributed by atoms with E-state index in [0.29, 0.717) is 12.6 Å². The maximum Gasteiger partial charge on any atom is 0.405 e. The van der Waals surface area contributed by atoms with Crippen molar-refractivity contribution in [1.82, 2.24) is 15.5 Å². The summed E-state index contributed by atoms with van der Waals surface area (Å²) in [4.78, 5) is 13.3. The maximum atomic E-state index is 11.8. The highest BCUT2D eigenvalue weighted by Gasteiger charge is 2.29. The first-order valence-electron chi connectivity index (χ1n) is 6.05. The number of nitrogens with zero attached hydrogens (tertiary/aromatic N) is 1. The summed E-state index contributed by atoms with van der Waals surface area (Å²) < 4.78 is 35.5. The summed E-state index contributed by atoms with van der Waals surface area (Å²) in [5.74, 6) is -0.631. The predicted molar refractivity (Wildman–Crippen MR) is 62.2 cm³/mol. The molecule has 0 bridgehead atoms. The Morgan fingerprint density at radius 2 is 2.06 bits per heavy atom. The fourth-order valence-electron chi connectivity index (χ4n) is 1.64. The van der Waals surface area contributed by atoms with Crippen LogP contribution in [0.2, 0.25) is 0 Å². The quantitative estimate of drug-likeness (QED) is 0.715. The van der Waals surface area contributed by atoms with Gasteiger partial charge in [0.25, 0.3) is 0 Å². The van der Waals surface area contributed by atoms with E-state index in [1.54, 1.807) is 0 Å². The lowest BCUT2D eigenvalue weighted by Gasteiger charge is -2.24. The monoisotopic (exact) mass is 267 g/mol. The molecule has 1 fully saturated rings. The molecule has 1 rings (SSSR count). The summed E-state index contributed by atoms with van der Waals surface area (Å²) in [5, 5.41) is 4.68. The molecule has 4 nitrogen and oxygen atoms in total. The van der Waals surface area contributed by atoms with Gasteiger partial charge in [-0.25, -0.2) is 0 Å². The lowest BCUT2D eigenvalue weighted by atomic mass is 10.3. The zero-order valence-electron chi connectivity index (χ0n) is 10.7. The molecule has 0 heterocycles. The van der Waals surface area contributed by atoms with Gasteiger partial charge >= 0.3 is 6.18 Å². The second kappa shape index (κ2) is 6.38. The van der Waals surface area contributed by atoms with Gasteiger partial charge in [-0.3, -0.25) is 9.69 Å². The van der Waals surface area contributed by atoms with Crippen molar-refractivity contribution >= 4 is 5.91 Å². The minimum atomic E-state index is -4.35. The number of hydrogen-bond donors (Lipinski definition) is 2. The third-order valence-corrected chi connectivity index (χ3v) is 3.03. The Hall–Kier alpha value is -0.820. The maximum absolute atomic E-state index is 11.8. The highest BCUT2D eigenvalue weighted by atomic mass is 19.4. The highest BCUT2D eigenvalue weighted by Crippen LogP contribution is 2.26. The SMILES string of the molecule is CC(CNCC(=O)NCC(F)(F)F)N(C)C1CC1. The minimum Gasteiger partial charge on any atom is -0.346 e. The Labute approximate surface area is 105 Å². The number of alkyl halides is 3. The molecule has 0 saturated heterocycles. The van der Waals surface area contributed by atoms with Crippen LogP contribution in [0, 0.1) is 0 Å². The number of carbonyl (C=O) groups is 1. The summed E-state index contributed by atoms with van der Waals surface area (Å²) in [7, 11) is 2.02. The highest BCUT2D eigenvalue weighted by molar-refractivity contribution is 5.77. The molecule has 0 aromatic heterocycles. The average molecular weight is 267 g/mol. The summed E-state index contributed by atoms with van der Waals surface area (Å²) in [6, 6.07) is 0.897. The van der Waals surface area contributed by atoms with Gasteiger partial charge in [0.05, 0.1) is 6.54 Å². The molecule has 1 aliphatic rings. The molecule has 0 radical (unpaired) electrons. The molecule has 18 heavy (non-hydrogen) atoms. The molecule has 0 aliphatic heterocycles. The molecule has 1 amide bonds. The van der Waals surface area contributed by atoms with Crippen LogP contribution in [0.15, 0.2) is 0 Å². The van der Waals surface area contributed by atoms with E-state index in [4.69, 9.17) is 0 Å². The van der Waals surface area contributed by atoms with E-state index in [0.717, 1.165) is 0 Å². The van der Waals surface area contributed by atoms with Crippen molar-refractivity contribution in [2.45, 2.75) is 38.0 Å². The van der Waals surface area contributed by atoms with Crippen LogP contribution in [-0.4, -0.2) is 55.7 Å². The van der Waals surface area contributed by atoms with E-state index in [-0.39, 0.29) is 12.6 Å². The molecule has 106 valence electrons. The number of halogens is 3. The molecule has 1 aliphatic carbocycles. The molecule has 1 unspecified atom stereocenters. The fraction of sp³-hybridized carbons (Fsp3) is 0.909. The molecule has 1 saturated carbocycles. The second-order valence-corrected chi connectivity index (χ2v) is 4.77. The van der Waals surface area contributed by atoms with Crippen LogP contribution >= 0.6 is 0 Å². The van der Waals surface area contributed by atoms with Crippen molar-refractivity contribution in [3.05, 3.63) is 0 Å². The minimum absolute atomic E-state index is 0.0844. The molecule has 7 heteroatoms. The predicted octanol–water partition coefficient (Wildman–Crippen LogP) is 0.737. The topological polar surface area (TPSA) is 44.4 Å². The molecule has 0 aromatic carbocycles. The second-order valence-electron chi connectivity index (χ2n) is 4.77. The number of rotatable bonds is 7. The average Bonchev–Trinajstić information content (AvgIpc) is 3.08. The first kappa shape index (κ1) is 15.2. The van der Waals surface area contributed by atoms with Gasteiger partial charge in [-0.05, 0) is 26.8 Å². The Morgan fingerprint density at radius 3 is 2.56 bits per heavy atom. The van der Waals surface area contributed by atoms with E-state index in [2.05, 4.69) is 10.2 Å². The van der Waals surface area contributed by atoms with E-state index >= 15 is 0 Å². The zero-order chi connectivity index (χ0) is 13.8. The standard InChI is InChI=1S/C11H20F3N3O/c1-8(17(2)9-3-4-9)5-15-6-10(18)16-7-11(12,13)14/h8-9,15H,3-7H2,1-2H3,(H,16,18). The van der Waals surface area contributed by atoms with Crippen LogP contribution in [0.5, 0.6) is 0 Å². The molecular weight excluding hydrogens is 247 g/mol. The summed E-state index contributed by atoms with van der Waals surface area (Å²) in [5.41, 5.74) is 0. The van der Waals surface area contributed by atoms with Crippen LogP contribution in [0.25, 0.3) is 0 Å². The lowest BCUT2D eigenvalue weighted by Crippen LogP contribution is -2.44. The van der Waals surface area contributed by atoms with E-state index in [1.807, 2.05) is 19.3 Å². The Kier molecular flexibility index (Phi) is 5.40. The van der Waals surface area contributed by atoms with Crippen LogP contribution in [-0.2, 0) is 4.79 Å². The number of carbonyl (C=O) groups excluding carboxylic acids is 1. The lowest BCUT2D eigenvalue weighted by molar-refractivity contribution is -0.137. The number of hydrogen-bond acceptors (Lipinski definition) is 3. The van der Waals surface area contributed by atoms with Crippen molar-refractivity contribution in [2.24, 2.45) is 0 Å². The van der Waals surface area contributed by atoms with Crippen molar-refractivity contribution in [3.63, 3.8) is 0 Å². The first-order valence-corrected chi connectivity index (χ1v) is 6.05. The zero-order valence-corrected chi connectivity index (χ0v) is 10.7. The summed E-state index contributed by atoms with van der Waals surface area (Å²) in [6.07, 6.45) is -1.95.